The lowest BCUT2D eigenvalue weighted by atomic mass is 9.95. The van der Waals surface area contributed by atoms with Gasteiger partial charge < -0.3 is 15.0 Å². The van der Waals surface area contributed by atoms with Crippen LogP contribution in [0.15, 0.2) is 18.2 Å². The van der Waals surface area contributed by atoms with E-state index in [9.17, 15) is 27.0 Å². The number of ether oxygens (including phenoxy) is 1. The molecule has 2 amide bonds. The molecule has 0 saturated heterocycles. The number of amides is 2. The second-order valence-electron chi connectivity index (χ2n) is 9.67. The van der Waals surface area contributed by atoms with Crippen molar-refractivity contribution in [3.8, 4) is 0 Å². The smallest absolute Gasteiger partial charge is 0.416 e. The first kappa shape index (κ1) is 25.5. The lowest BCUT2D eigenvalue weighted by Gasteiger charge is -2.36. The molecule has 33 heavy (non-hydrogen) atoms. The highest BCUT2D eigenvalue weighted by atomic mass is 32.2. The van der Waals surface area contributed by atoms with E-state index in [4.69, 9.17) is 4.74 Å². The Kier molecular flexibility index (Phi) is 7.17. The van der Waals surface area contributed by atoms with E-state index < -0.39 is 39.0 Å². The average molecular weight is 489 g/mol. The fourth-order valence-electron chi connectivity index (χ4n) is 4.58. The van der Waals surface area contributed by atoms with Crippen LogP contribution in [-0.2, 0) is 39.5 Å². The molecule has 1 heterocycles. The van der Waals surface area contributed by atoms with Crippen molar-refractivity contribution >= 4 is 22.8 Å². The van der Waals surface area contributed by atoms with E-state index in [1.54, 1.807) is 27.7 Å². The summed E-state index contributed by atoms with van der Waals surface area (Å²) in [5, 5.41) is 2.78. The molecule has 1 fully saturated rings. The summed E-state index contributed by atoms with van der Waals surface area (Å²) in [5.41, 5.74) is -0.167. The molecule has 0 spiro atoms. The van der Waals surface area contributed by atoms with Crippen molar-refractivity contribution in [2.45, 2.75) is 82.5 Å². The topological polar surface area (TPSA) is 75.7 Å². The number of alkyl halides is 3. The number of rotatable bonds is 4. The van der Waals surface area contributed by atoms with Crippen molar-refractivity contribution < 1.29 is 31.7 Å². The van der Waals surface area contributed by atoms with Crippen molar-refractivity contribution in [2.75, 3.05) is 12.3 Å². The third kappa shape index (κ3) is 5.70. The van der Waals surface area contributed by atoms with Crippen LogP contribution in [0.1, 0.15) is 63.6 Å². The predicted octanol–water partition coefficient (Wildman–Crippen LogP) is 4.17. The molecule has 10 heteroatoms. The number of carbonyl (C=O) groups excluding carboxylic acids is 2. The molecule has 1 N–H and O–H groups in total. The lowest BCUT2D eigenvalue weighted by molar-refractivity contribution is -0.137. The van der Waals surface area contributed by atoms with Crippen molar-refractivity contribution in [3.05, 3.63) is 34.9 Å². The standard InChI is InChI=1S/C23H31F3N2O4S/c1-5-33(31)22(10-8-18(13-22)27-20(30)32-21(2,3)4)19(29)28-11-9-15-6-7-17(23(24,25)26)12-16(15)14-28/h6-7,12,18H,5,8-11,13-14H2,1-4H3,(H,27,30)/t18-,22-,33?/m1/s1. The normalized spacial score (nSPS) is 24.2. The first-order valence-corrected chi connectivity index (χ1v) is 12.4. The minimum absolute atomic E-state index is 0.0465. The van der Waals surface area contributed by atoms with E-state index in [2.05, 4.69) is 5.32 Å². The van der Waals surface area contributed by atoms with Gasteiger partial charge in [-0.3, -0.25) is 9.00 Å². The molecule has 1 aromatic rings. The fraction of sp³-hybridized carbons (Fsp3) is 0.652. The summed E-state index contributed by atoms with van der Waals surface area (Å²) < 4.78 is 56.7. The highest BCUT2D eigenvalue weighted by Gasteiger charge is 2.52. The Morgan fingerprint density at radius 1 is 1.24 bits per heavy atom. The Morgan fingerprint density at radius 2 is 1.94 bits per heavy atom. The van der Waals surface area contributed by atoms with Gasteiger partial charge in [0.05, 0.1) is 5.56 Å². The van der Waals surface area contributed by atoms with Gasteiger partial charge in [0.2, 0.25) is 5.91 Å². The van der Waals surface area contributed by atoms with Gasteiger partial charge in [0.1, 0.15) is 10.3 Å². The Bertz CT molecular complexity index is 945. The number of nitrogens with one attached hydrogen (secondary N) is 1. The van der Waals surface area contributed by atoms with Gasteiger partial charge in [-0.1, -0.05) is 13.0 Å². The van der Waals surface area contributed by atoms with Crippen LogP contribution in [-0.4, -0.2) is 49.8 Å². The number of hydrogen-bond donors (Lipinski definition) is 1. The number of carbonyl (C=O) groups is 2. The van der Waals surface area contributed by atoms with E-state index in [0.29, 0.717) is 31.4 Å². The second-order valence-corrected chi connectivity index (χ2v) is 11.7. The molecule has 2 aliphatic rings. The van der Waals surface area contributed by atoms with Gasteiger partial charge in [-0.05, 0) is 69.7 Å². The van der Waals surface area contributed by atoms with Crippen LogP contribution in [0.5, 0.6) is 0 Å². The summed E-state index contributed by atoms with van der Waals surface area (Å²) in [6.07, 6.45) is -3.61. The quantitative estimate of drug-likeness (QED) is 0.690. The van der Waals surface area contributed by atoms with Crippen molar-refractivity contribution in [1.29, 1.82) is 0 Å². The third-order valence-corrected chi connectivity index (χ3v) is 8.06. The van der Waals surface area contributed by atoms with Crippen LogP contribution in [0.25, 0.3) is 0 Å². The first-order valence-electron chi connectivity index (χ1n) is 11.1. The van der Waals surface area contributed by atoms with Gasteiger partial charge in [-0.15, -0.1) is 0 Å². The SMILES string of the molecule is CCS(=O)[C@]1(C(=O)N2CCc3ccc(C(F)(F)F)cc3C2)CC[C@@H](NC(=O)OC(C)(C)C)C1. The Morgan fingerprint density at radius 3 is 2.55 bits per heavy atom. The van der Waals surface area contributed by atoms with Crippen molar-refractivity contribution in [1.82, 2.24) is 10.2 Å². The molecule has 0 aromatic heterocycles. The van der Waals surface area contributed by atoms with Gasteiger partial charge in [0, 0.05) is 35.7 Å². The summed E-state index contributed by atoms with van der Waals surface area (Å²) in [6.45, 7) is 7.38. The molecule has 3 rings (SSSR count). The number of halogens is 3. The molecule has 1 saturated carbocycles. The van der Waals surface area contributed by atoms with Crippen LogP contribution >= 0.6 is 0 Å². The van der Waals surface area contributed by atoms with Crippen LogP contribution in [0.2, 0.25) is 0 Å². The minimum Gasteiger partial charge on any atom is -0.444 e. The molecule has 184 valence electrons. The monoisotopic (exact) mass is 488 g/mol. The van der Waals surface area contributed by atoms with Crippen LogP contribution in [0.3, 0.4) is 0 Å². The van der Waals surface area contributed by atoms with E-state index >= 15 is 0 Å². The number of nitrogens with zero attached hydrogens (tertiary/aromatic N) is 1. The molecular formula is C23H31F3N2O4S. The summed E-state index contributed by atoms with van der Waals surface area (Å²) in [4.78, 5) is 27.4. The molecule has 1 aliphatic carbocycles. The summed E-state index contributed by atoms with van der Waals surface area (Å²) >= 11 is 0. The van der Waals surface area contributed by atoms with E-state index in [-0.39, 0.29) is 30.7 Å². The Balaban J connectivity index is 1.78. The lowest BCUT2D eigenvalue weighted by Crippen LogP contribution is -2.53. The van der Waals surface area contributed by atoms with Gasteiger partial charge >= 0.3 is 12.3 Å². The van der Waals surface area contributed by atoms with Gasteiger partial charge in [-0.2, -0.15) is 13.2 Å². The molecular weight excluding hydrogens is 457 g/mol. The first-order chi connectivity index (χ1) is 15.2. The van der Waals surface area contributed by atoms with E-state index in [0.717, 1.165) is 17.7 Å². The van der Waals surface area contributed by atoms with Crippen LogP contribution in [0, 0.1) is 0 Å². The molecule has 1 unspecified atom stereocenters. The van der Waals surface area contributed by atoms with Crippen LogP contribution < -0.4 is 5.32 Å². The molecule has 1 aliphatic heterocycles. The predicted molar refractivity (Wildman–Crippen MR) is 119 cm³/mol. The van der Waals surface area contributed by atoms with E-state index in [1.165, 1.54) is 11.0 Å². The number of alkyl carbamates (subject to hydrolysis) is 1. The van der Waals surface area contributed by atoms with Crippen molar-refractivity contribution in [2.24, 2.45) is 0 Å². The zero-order valence-electron chi connectivity index (χ0n) is 19.4. The molecule has 1 aromatic carbocycles. The summed E-state index contributed by atoms with van der Waals surface area (Å²) in [7, 11) is -1.49. The second kappa shape index (κ2) is 9.27. The van der Waals surface area contributed by atoms with Crippen molar-refractivity contribution in [3.63, 3.8) is 0 Å². The van der Waals surface area contributed by atoms with Crippen LogP contribution in [0.4, 0.5) is 18.0 Å². The maximum Gasteiger partial charge on any atom is 0.416 e. The Hall–Kier alpha value is -2.10. The minimum atomic E-state index is -4.46. The zero-order chi connectivity index (χ0) is 24.6. The fourth-order valence-corrected chi connectivity index (χ4v) is 6.19. The molecule has 0 bridgehead atoms. The van der Waals surface area contributed by atoms with Gasteiger partial charge in [0.15, 0.2) is 0 Å². The largest absolute Gasteiger partial charge is 0.444 e. The number of benzene rings is 1. The number of fused-ring (bicyclic) bond motifs is 1. The maximum absolute atomic E-state index is 13.6. The average Bonchev–Trinajstić information content (AvgIpc) is 3.14. The molecule has 3 atom stereocenters. The highest BCUT2D eigenvalue weighted by Crippen LogP contribution is 2.39. The highest BCUT2D eigenvalue weighted by molar-refractivity contribution is 7.87. The van der Waals surface area contributed by atoms with Gasteiger partial charge in [0.25, 0.3) is 0 Å². The zero-order valence-corrected chi connectivity index (χ0v) is 20.2. The van der Waals surface area contributed by atoms with E-state index in [1.807, 2.05) is 0 Å². The number of hydrogen-bond acceptors (Lipinski definition) is 4. The third-order valence-electron chi connectivity index (χ3n) is 6.11. The molecule has 6 nitrogen and oxygen atoms in total. The Labute approximate surface area is 194 Å². The van der Waals surface area contributed by atoms with Gasteiger partial charge in [-0.25, -0.2) is 4.79 Å². The maximum atomic E-state index is 13.6. The summed E-state index contributed by atoms with van der Waals surface area (Å²) in [5.74, 6) is -0.0488. The molecule has 0 radical (unpaired) electrons. The summed E-state index contributed by atoms with van der Waals surface area (Å²) in [6, 6.07) is 3.26.